The van der Waals surface area contributed by atoms with E-state index in [9.17, 15) is 13.6 Å². The Morgan fingerprint density at radius 3 is 2.82 bits per heavy atom. The lowest BCUT2D eigenvalue weighted by Crippen LogP contribution is -2.44. The molecule has 0 radical (unpaired) electrons. The first kappa shape index (κ1) is 14.7. The van der Waals surface area contributed by atoms with E-state index in [1.165, 1.54) is 17.0 Å². The van der Waals surface area contributed by atoms with Crippen molar-refractivity contribution in [1.82, 2.24) is 9.47 Å². The lowest BCUT2D eigenvalue weighted by Gasteiger charge is -2.36. The molecule has 1 aromatic carbocycles. The first-order valence-corrected chi connectivity index (χ1v) is 7.03. The summed E-state index contributed by atoms with van der Waals surface area (Å²) in [6, 6.07) is 7.09. The summed E-state index contributed by atoms with van der Waals surface area (Å²) < 4.78 is 34.6. The van der Waals surface area contributed by atoms with Crippen molar-refractivity contribution >= 4 is 5.91 Å². The van der Waals surface area contributed by atoms with Crippen LogP contribution in [0.3, 0.4) is 0 Å². The average molecular weight is 306 g/mol. The standard InChI is InChI=1S/C16H16F2N2O2/c1-19-7-3-6-13(19)14-10-22-9-8-20(14)16(21)11-4-2-5-12(17)15(11)18/h2-7,14H,8-10H2,1H3. The Labute approximate surface area is 126 Å². The van der Waals surface area contributed by atoms with Gasteiger partial charge in [-0.3, -0.25) is 4.79 Å². The van der Waals surface area contributed by atoms with Gasteiger partial charge in [0.05, 0.1) is 24.8 Å². The summed E-state index contributed by atoms with van der Waals surface area (Å²) in [4.78, 5) is 14.2. The van der Waals surface area contributed by atoms with Crippen LogP contribution in [0, 0.1) is 11.6 Å². The number of ether oxygens (including phenoxy) is 1. The van der Waals surface area contributed by atoms with Gasteiger partial charge in [-0.25, -0.2) is 8.78 Å². The monoisotopic (exact) mass is 306 g/mol. The zero-order chi connectivity index (χ0) is 15.7. The van der Waals surface area contributed by atoms with Crippen molar-refractivity contribution in [2.45, 2.75) is 6.04 Å². The second-order valence-corrected chi connectivity index (χ2v) is 5.23. The molecule has 1 saturated heterocycles. The minimum Gasteiger partial charge on any atom is -0.377 e. The summed E-state index contributed by atoms with van der Waals surface area (Å²) in [5.74, 6) is -2.65. The normalized spacial score (nSPS) is 18.5. The van der Waals surface area contributed by atoms with Crippen LogP contribution in [-0.4, -0.2) is 35.1 Å². The molecule has 1 atom stereocenters. The molecule has 0 aliphatic carbocycles. The van der Waals surface area contributed by atoms with Crippen LogP contribution in [0.25, 0.3) is 0 Å². The molecule has 2 heterocycles. The minimum atomic E-state index is -1.11. The van der Waals surface area contributed by atoms with Crippen LogP contribution in [0.2, 0.25) is 0 Å². The molecular weight excluding hydrogens is 290 g/mol. The maximum absolute atomic E-state index is 13.9. The number of hydrogen-bond donors (Lipinski definition) is 0. The Morgan fingerprint density at radius 2 is 2.09 bits per heavy atom. The van der Waals surface area contributed by atoms with Gasteiger partial charge in [0.25, 0.3) is 5.91 Å². The molecule has 0 N–H and O–H groups in total. The van der Waals surface area contributed by atoms with Crippen molar-refractivity contribution in [1.29, 1.82) is 0 Å². The van der Waals surface area contributed by atoms with E-state index in [1.807, 2.05) is 29.9 Å². The van der Waals surface area contributed by atoms with E-state index in [1.54, 1.807) is 0 Å². The zero-order valence-corrected chi connectivity index (χ0v) is 12.1. The molecule has 1 aliphatic heterocycles. The average Bonchev–Trinajstić information content (AvgIpc) is 2.95. The molecular formula is C16H16F2N2O2. The number of carbonyl (C=O) groups excluding carboxylic acids is 1. The first-order chi connectivity index (χ1) is 10.6. The fourth-order valence-electron chi connectivity index (χ4n) is 2.74. The predicted octanol–water partition coefficient (Wildman–Crippen LogP) is 2.52. The molecule has 0 spiro atoms. The van der Waals surface area contributed by atoms with E-state index in [-0.39, 0.29) is 11.6 Å². The van der Waals surface area contributed by atoms with Gasteiger partial charge >= 0.3 is 0 Å². The molecule has 1 aliphatic rings. The SMILES string of the molecule is Cn1cccc1C1COCCN1C(=O)c1cccc(F)c1F. The number of amides is 1. The summed E-state index contributed by atoms with van der Waals surface area (Å²) in [6.45, 7) is 1.05. The predicted molar refractivity (Wildman–Crippen MR) is 76.4 cm³/mol. The highest BCUT2D eigenvalue weighted by Gasteiger charge is 2.32. The summed E-state index contributed by atoms with van der Waals surface area (Å²) in [7, 11) is 1.87. The Kier molecular flexibility index (Phi) is 3.94. The number of nitrogens with zero attached hydrogens (tertiary/aromatic N) is 2. The van der Waals surface area contributed by atoms with Crippen molar-refractivity contribution in [3.8, 4) is 0 Å². The molecule has 0 bridgehead atoms. The van der Waals surface area contributed by atoms with Crippen molar-refractivity contribution in [3.05, 3.63) is 59.4 Å². The van der Waals surface area contributed by atoms with Crippen LogP contribution in [0.15, 0.2) is 36.5 Å². The molecule has 4 nitrogen and oxygen atoms in total. The highest BCUT2D eigenvalue weighted by molar-refractivity contribution is 5.94. The van der Waals surface area contributed by atoms with Crippen molar-refractivity contribution in [2.75, 3.05) is 19.8 Å². The van der Waals surface area contributed by atoms with Crippen LogP contribution in [0.1, 0.15) is 22.1 Å². The summed E-state index contributed by atoms with van der Waals surface area (Å²) >= 11 is 0. The molecule has 22 heavy (non-hydrogen) atoms. The summed E-state index contributed by atoms with van der Waals surface area (Å²) in [5, 5.41) is 0. The van der Waals surface area contributed by atoms with E-state index in [0.29, 0.717) is 19.8 Å². The number of hydrogen-bond acceptors (Lipinski definition) is 2. The minimum absolute atomic E-state index is 0.249. The maximum atomic E-state index is 13.9. The van der Waals surface area contributed by atoms with Gasteiger partial charge in [-0.1, -0.05) is 6.07 Å². The molecule has 1 amide bonds. The Morgan fingerprint density at radius 1 is 1.27 bits per heavy atom. The smallest absolute Gasteiger partial charge is 0.257 e. The molecule has 6 heteroatoms. The number of aromatic nitrogens is 1. The number of benzene rings is 1. The van der Waals surface area contributed by atoms with Crippen LogP contribution in [0.5, 0.6) is 0 Å². The topological polar surface area (TPSA) is 34.5 Å². The largest absolute Gasteiger partial charge is 0.377 e. The molecule has 116 valence electrons. The number of morpholine rings is 1. The molecule has 3 rings (SSSR count). The number of carbonyl (C=O) groups is 1. The molecule has 0 saturated carbocycles. The summed E-state index contributed by atoms with van der Waals surface area (Å²) in [6.07, 6.45) is 1.87. The molecule has 1 aromatic heterocycles. The third-order valence-corrected chi connectivity index (χ3v) is 3.90. The van der Waals surface area contributed by atoms with E-state index >= 15 is 0 Å². The second-order valence-electron chi connectivity index (χ2n) is 5.23. The van der Waals surface area contributed by atoms with Crippen LogP contribution >= 0.6 is 0 Å². The van der Waals surface area contributed by atoms with Gasteiger partial charge in [-0.2, -0.15) is 0 Å². The van der Waals surface area contributed by atoms with Crippen LogP contribution in [0.4, 0.5) is 8.78 Å². The molecule has 1 fully saturated rings. The van der Waals surface area contributed by atoms with Gasteiger partial charge in [0, 0.05) is 25.5 Å². The van der Waals surface area contributed by atoms with Crippen LogP contribution in [-0.2, 0) is 11.8 Å². The van der Waals surface area contributed by atoms with Crippen LogP contribution < -0.4 is 0 Å². The molecule has 1 unspecified atom stereocenters. The third-order valence-electron chi connectivity index (χ3n) is 3.90. The maximum Gasteiger partial charge on any atom is 0.257 e. The fraction of sp³-hybridized carbons (Fsp3) is 0.312. The van der Waals surface area contributed by atoms with E-state index in [4.69, 9.17) is 4.74 Å². The number of halogens is 2. The quantitative estimate of drug-likeness (QED) is 0.854. The number of aryl methyl sites for hydroxylation is 1. The Bertz CT molecular complexity index is 699. The third kappa shape index (κ3) is 2.50. The van der Waals surface area contributed by atoms with Crippen molar-refractivity contribution < 1.29 is 18.3 Å². The van der Waals surface area contributed by atoms with Gasteiger partial charge in [-0.05, 0) is 24.3 Å². The Hall–Kier alpha value is -2.21. The molecule has 2 aromatic rings. The van der Waals surface area contributed by atoms with Crippen molar-refractivity contribution in [2.24, 2.45) is 7.05 Å². The van der Waals surface area contributed by atoms with Crippen molar-refractivity contribution in [3.63, 3.8) is 0 Å². The number of rotatable bonds is 2. The lowest BCUT2D eigenvalue weighted by atomic mass is 10.1. The van der Waals surface area contributed by atoms with Gasteiger partial charge in [-0.15, -0.1) is 0 Å². The highest BCUT2D eigenvalue weighted by Crippen LogP contribution is 2.27. The van der Waals surface area contributed by atoms with E-state index in [2.05, 4.69) is 0 Å². The van der Waals surface area contributed by atoms with Gasteiger partial charge in [0.1, 0.15) is 0 Å². The second kappa shape index (κ2) is 5.88. The first-order valence-electron chi connectivity index (χ1n) is 7.03. The van der Waals surface area contributed by atoms with E-state index in [0.717, 1.165) is 11.8 Å². The van der Waals surface area contributed by atoms with Gasteiger partial charge < -0.3 is 14.2 Å². The van der Waals surface area contributed by atoms with Gasteiger partial charge in [0.15, 0.2) is 11.6 Å². The fourth-order valence-corrected chi connectivity index (χ4v) is 2.74. The lowest BCUT2D eigenvalue weighted by molar-refractivity contribution is -0.00490. The Balaban J connectivity index is 1.95. The highest BCUT2D eigenvalue weighted by atomic mass is 19.2. The van der Waals surface area contributed by atoms with E-state index < -0.39 is 17.5 Å². The summed E-state index contributed by atoms with van der Waals surface area (Å²) in [5.41, 5.74) is 0.644. The van der Waals surface area contributed by atoms with Gasteiger partial charge in [0.2, 0.25) is 0 Å². The zero-order valence-electron chi connectivity index (χ0n) is 12.1.